The number of nitrogens with zero attached hydrogens (tertiary/aromatic N) is 1. The number of benzene rings is 1. The second-order valence-electron chi connectivity index (χ2n) is 6.88. The Bertz CT molecular complexity index is 476. The van der Waals surface area contributed by atoms with Gasteiger partial charge in [-0.2, -0.15) is 0 Å². The van der Waals surface area contributed by atoms with E-state index in [9.17, 15) is 4.79 Å². The highest BCUT2D eigenvalue weighted by atomic mass is 16.6. The number of likely N-dealkylation sites (tertiary alicyclic amines) is 1. The number of rotatable bonds is 2. The van der Waals surface area contributed by atoms with E-state index >= 15 is 0 Å². The van der Waals surface area contributed by atoms with E-state index in [1.165, 1.54) is 25.9 Å². The monoisotopic (exact) mass is 301 g/mol. The van der Waals surface area contributed by atoms with Gasteiger partial charge < -0.3 is 9.64 Å². The summed E-state index contributed by atoms with van der Waals surface area (Å²) in [6, 6.07) is 7.57. The molecule has 0 N–H and O–H groups in total. The van der Waals surface area contributed by atoms with E-state index in [0.29, 0.717) is 0 Å². The molecule has 0 aliphatic carbocycles. The number of carbonyl (C=O) groups is 1. The first-order chi connectivity index (χ1) is 10.2. The van der Waals surface area contributed by atoms with E-state index in [1.54, 1.807) is 0 Å². The molecule has 0 spiro atoms. The predicted molar refractivity (Wildman–Crippen MR) is 92.3 cm³/mol. The van der Waals surface area contributed by atoms with Crippen molar-refractivity contribution in [3.05, 3.63) is 35.4 Å². The Balaban J connectivity index is 0.000000335. The van der Waals surface area contributed by atoms with E-state index in [4.69, 9.17) is 12.6 Å². The highest BCUT2D eigenvalue weighted by Gasteiger charge is 2.23. The summed E-state index contributed by atoms with van der Waals surface area (Å²) >= 11 is 0. The number of aryl methyl sites for hydroxylation is 1. The lowest BCUT2D eigenvalue weighted by Crippen LogP contribution is -2.28. The first-order valence-corrected chi connectivity index (χ1v) is 7.93. The van der Waals surface area contributed by atoms with Gasteiger partial charge in [-0.05, 0) is 71.8 Å². The average molecular weight is 301 g/mol. The molecule has 3 nitrogen and oxygen atoms in total. The van der Waals surface area contributed by atoms with Crippen molar-refractivity contribution in [2.24, 2.45) is 0 Å². The number of carbonyl (C=O) groups excluding carboxylic acids is 1. The van der Waals surface area contributed by atoms with Crippen molar-refractivity contribution < 1.29 is 9.53 Å². The Hall–Kier alpha value is -1.29. The standard InChI is InChI=1S/C13H17BO2.C5H11N/c1-9-7-5-6-8-10(9)11(14)12(15)16-13(2,3)4;1-6-4-2-3-5-6/h5-8,11H,1-4H3;2-5H2,1H3/t11-;/m1./s1. The summed E-state index contributed by atoms with van der Waals surface area (Å²) in [5.41, 5.74) is 1.31. The zero-order valence-electron chi connectivity index (χ0n) is 14.6. The molecular formula is C18H28BNO2. The van der Waals surface area contributed by atoms with Crippen molar-refractivity contribution in [2.45, 2.75) is 52.0 Å². The molecule has 1 aliphatic heterocycles. The third-order valence-electron chi connectivity index (χ3n) is 3.51. The van der Waals surface area contributed by atoms with Crippen molar-refractivity contribution in [1.82, 2.24) is 4.90 Å². The lowest BCUT2D eigenvalue weighted by molar-refractivity contribution is -0.154. The molecule has 120 valence electrons. The molecule has 2 radical (unpaired) electrons. The maximum atomic E-state index is 11.8. The molecule has 0 unspecified atom stereocenters. The quantitative estimate of drug-likeness (QED) is 0.620. The van der Waals surface area contributed by atoms with Gasteiger partial charge in [0.05, 0.1) is 7.85 Å². The van der Waals surface area contributed by atoms with Crippen molar-refractivity contribution in [1.29, 1.82) is 0 Å². The summed E-state index contributed by atoms with van der Waals surface area (Å²) in [7, 11) is 8.05. The number of hydrogen-bond donors (Lipinski definition) is 0. The molecule has 1 saturated heterocycles. The van der Waals surface area contributed by atoms with Gasteiger partial charge in [-0.1, -0.05) is 24.3 Å². The summed E-state index contributed by atoms with van der Waals surface area (Å²) in [6.45, 7) is 10.1. The fraction of sp³-hybridized carbons (Fsp3) is 0.611. The molecule has 1 aromatic carbocycles. The van der Waals surface area contributed by atoms with Gasteiger partial charge in [0, 0.05) is 5.82 Å². The van der Waals surface area contributed by atoms with Crippen LogP contribution in [0.25, 0.3) is 0 Å². The van der Waals surface area contributed by atoms with E-state index in [-0.39, 0.29) is 5.97 Å². The summed E-state index contributed by atoms with van der Waals surface area (Å²) in [6.07, 6.45) is 2.83. The lowest BCUT2D eigenvalue weighted by atomic mass is 9.79. The van der Waals surface area contributed by atoms with Crippen LogP contribution in [0.2, 0.25) is 0 Å². The Kier molecular flexibility index (Phi) is 7.14. The molecule has 1 fully saturated rings. The van der Waals surface area contributed by atoms with Gasteiger partial charge in [0.1, 0.15) is 5.60 Å². The van der Waals surface area contributed by atoms with E-state index in [0.717, 1.165) is 11.1 Å². The smallest absolute Gasteiger partial charge is 0.304 e. The normalized spacial score (nSPS) is 16.6. The molecular weight excluding hydrogens is 273 g/mol. The number of esters is 1. The van der Waals surface area contributed by atoms with E-state index < -0.39 is 11.4 Å². The van der Waals surface area contributed by atoms with Crippen LogP contribution in [0.4, 0.5) is 0 Å². The molecule has 0 aromatic heterocycles. The Morgan fingerprint density at radius 2 is 1.77 bits per heavy atom. The van der Waals surface area contributed by atoms with E-state index in [1.807, 2.05) is 52.0 Å². The van der Waals surface area contributed by atoms with Crippen molar-refractivity contribution in [2.75, 3.05) is 20.1 Å². The fourth-order valence-electron chi connectivity index (χ4n) is 2.30. The van der Waals surface area contributed by atoms with Gasteiger partial charge in [-0.15, -0.1) is 0 Å². The second-order valence-corrected chi connectivity index (χ2v) is 6.88. The summed E-state index contributed by atoms with van der Waals surface area (Å²) in [5, 5.41) is 0. The highest BCUT2D eigenvalue weighted by molar-refractivity contribution is 6.23. The van der Waals surface area contributed by atoms with Crippen molar-refractivity contribution >= 4 is 13.8 Å². The SMILES string of the molecule is CN1CCCC1.[B][C@@H](C(=O)OC(C)(C)C)c1ccccc1C. The van der Waals surface area contributed by atoms with Crippen LogP contribution in [-0.2, 0) is 9.53 Å². The highest BCUT2D eigenvalue weighted by Crippen LogP contribution is 2.20. The molecule has 22 heavy (non-hydrogen) atoms. The molecule has 0 saturated carbocycles. The van der Waals surface area contributed by atoms with Crippen LogP contribution in [-0.4, -0.2) is 44.5 Å². The topological polar surface area (TPSA) is 29.5 Å². The Morgan fingerprint density at radius 1 is 1.23 bits per heavy atom. The van der Waals surface area contributed by atoms with Crippen LogP contribution in [0.3, 0.4) is 0 Å². The first kappa shape index (κ1) is 18.8. The molecule has 1 aliphatic rings. The minimum absolute atomic E-state index is 0.387. The van der Waals surface area contributed by atoms with Gasteiger partial charge in [0.15, 0.2) is 0 Å². The van der Waals surface area contributed by atoms with Gasteiger partial charge in [0.25, 0.3) is 0 Å². The minimum Gasteiger partial charge on any atom is -0.460 e. The van der Waals surface area contributed by atoms with Gasteiger partial charge >= 0.3 is 5.97 Å². The van der Waals surface area contributed by atoms with Gasteiger partial charge in [-0.3, -0.25) is 4.79 Å². The zero-order chi connectivity index (χ0) is 16.8. The predicted octanol–water partition coefficient (Wildman–Crippen LogP) is 3.26. The van der Waals surface area contributed by atoms with Crippen LogP contribution in [0, 0.1) is 6.92 Å². The maximum absolute atomic E-state index is 11.8. The Morgan fingerprint density at radius 3 is 2.18 bits per heavy atom. The van der Waals surface area contributed by atoms with Crippen LogP contribution in [0.15, 0.2) is 24.3 Å². The molecule has 1 aromatic rings. The molecule has 1 heterocycles. The van der Waals surface area contributed by atoms with Gasteiger partial charge in [-0.25, -0.2) is 0 Å². The average Bonchev–Trinajstić information content (AvgIpc) is 2.88. The summed E-state index contributed by atoms with van der Waals surface area (Å²) in [4.78, 5) is 14.1. The van der Waals surface area contributed by atoms with Crippen molar-refractivity contribution in [3.8, 4) is 0 Å². The number of hydrogen-bond acceptors (Lipinski definition) is 3. The van der Waals surface area contributed by atoms with Crippen LogP contribution >= 0.6 is 0 Å². The molecule has 2 rings (SSSR count). The lowest BCUT2D eigenvalue weighted by Gasteiger charge is -2.23. The fourth-order valence-corrected chi connectivity index (χ4v) is 2.30. The molecule has 4 heteroatoms. The number of ether oxygens (including phenoxy) is 1. The van der Waals surface area contributed by atoms with Crippen LogP contribution in [0.5, 0.6) is 0 Å². The third kappa shape index (κ3) is 6.65. The maximum Gasteiger partial charge on any atom is 0.304 e. The molecule has 1 atom stereocenters. The summed E-state index contributed by atoms with van der Waals surface area (Å²) in [5.74, 6) is -1.10. The second kappa shape index (κ2) is 8.37. The largest absolute Gasteiger partial charge is 0.460 e. The first-order valence-electron chi connectivity index (χ1n) is 7.93. The minimum atomic E-state index is -0.708. The zero-order valence-corrected chi connectivity index (χ0v) is 14.6. The molecule has 0 amide bonds. The van der Waals surface area contributed by atoms with Crippen LogP contribution < -0.4 is 0 Å². The van der Waals surface area contributed by atoms with Crippen LogP contribution in [0.1, 0.15) is 50.6 Å². The molecule has 0 bridgehead atoms. The Labute approximate surface area is 136 Å². The summed E-state index contributed by atoms with van der Waals surface area (Å²) < 4.78 is 5.24. The van der Waals surface area contributed by atoms with Gasteiger partial charge in [0.2, 0.25) is 0 Å². The third-order valence-corrected chi connectivity index (χ3v) is 3.51. The van der Waals surface area contributed by atoms with Crippen molar-refractivity contribution in [3.63, 3.8) is 0 Å². The van der Waals surface area contributed by atoms with E-state index in [2.05, 4.69) is 11.9 Å².